The second kappa shape index (κ2) is 8.29. The molecule has 0 atom stereocenters. The number of para-hydroxylation sites is 1. The zero-order valence-corrected chi connectivity index (χ0v) is 17.1. The van der Waals surface area contributed by atoms with Crippen LogP contribution in [0, 0.1) is 6.92 Å². The fourth-order valence-corrected chi connectivity index (χ4v) is 5.16. The summed E-state index contributed by atoms with van der Waals surface area (Å²) in [6.07, 6.45) is 0. The van der Waals surface area contributed by atoms with Crippen LogP contribution in [0.25, 0.3) is 11.3 Å². The van der Waals surface area contributed by atoms with Gasteiger partial charge >= 0.3 is 0 Å². The van der Waals surface area contributed by atoms with Gasteiger partial charge in [0.15, 0.2) is 5.13 Å². The Morgan fingerprint density at radius 3 is 2.85 bits per heavy atom. The van der Waals surface area contributed by atoms with Gasteiger partial charge in [0, 0.05) is 16.7 Å². The van der Waals surface area contributed by atoms with Crippen LogP contribution in [0.4, 0.5) is 10.8 Å². The van der Waals surface area contributed by atoms with E-state index in [1.54, 1.807) is 11.8 Å². The van der Waals surface area contributed by atoms with Gasteiger partial charge in [-0.05, 0) is 18.6 Å². The second-order valence-corrected chi connectivity index (χ2v) is 9.08. The largest absolute Gasteiger partial charge is 0.301 e. The summed E-state index contributed by atoms with van der Waals surface area (Å²) >= 11 is 4.59. The van der Waals surface area contributed by atoms with Gasteiger partial charge in [-0.15, -0.1) is 11.3 Å². The number of fused-ring (bicyclic) bond motifs is 1. The van der Waals surface area contributed by atoms with Gasteiger partial charge in [0.05, 0.1) is 17.1 Å². The molecule has 0 saturated carbocycles. The first-order valence-electron chi connectivity index (χ1n) is 8.42. The van der Waals surface area contributed by atoms with Gasteiger partial charge in [-0.3, -0.25) is 4.79 Å². The molecule has 1 aliphatic rings. The Labute approximate surface area is 170 Å². The van der Waals surface area contributed by atoms with E-state index in [9.17, 15) is 4.79 Å². The number of rotatable bonds is 4. The molecule has 1 aliphatic heterocycles. The average molecular weight is 412 g/mol. The van der Waals surface area contributed by atoms with Crippen molar-refractivity contribution in [2.45, 2.75) is 12.7 Å². The number of thiazole rings is 1. The summed E-state index contributed by atoms with van der Waals surface area (Å²) in [6.45, 7) is 2.06. The van der Waals surface area contributed by atoms with Crippen LogP contribution >= 0.6 is 34.9 Å². The molecule has 3 aromatic rings. The topological polar surface area (TPSA) is 54.4 Å². The highest BCUT2D eigenvalue weighted by molar-refractivity contribution is 8.38. The van der Waals surface area contributed by atoms with Crippen LogP contribution in [0.3, 0.4) is 0 Å². The van der Waals surface area contributed by atoms with Crippen molar-refractivity contribution >= 4 is 56.0 Å². The zero-order chi connectivity index (χ0) is 18.6. The summed E-state index contributed by atoms with van der Waals surface area (Å²) < 4.78 is 0.934. The maximum atomic E-state index is 12.3. The van der Waals surface area contributed by atoms with Crippen LogP contribution in [0.15, 0.2) is 58.9 Å². The van der Waals surface area contributed by atoms with Gasteiger partial charge in [-0.1, -0.05) is 71.6 Å². The Kier molecular flexibility index (Phi) is 5.61. The molecule has 0 spiro atoms. The molecule has 2 heterocycles. The van der Waals surface area contributed by atoms with Crippen LogP contribution in [0.1, 0.15) is 11.1 Å². The fraction of sp³-hybridized carbons (Fsp3) is 0.150. The minimum absolute atomic E-state index is 0.0630. The average Bonchev–Trinajstić information content (AvgIpc) is 3.15. The maximum absolute atomic E-state index is 12.3. The first kappa shape index (κ1) is 18.3. The molecule has 1 N–H and O–H groups in total. The number of amides is 1. The monoisotopic (exact) mass is 411 g/mol. The Balaban J connectivity index is 1.34. The summed E-state index contributed by atoms with van der Waals surface area (Å²) in [5.41, 5.74) is 5.39. The molecule has 136 valence electrons. The smallest absolute Gasteiger partial charge is 0.236 e. The molecule has 27 heavy (non-hydrogen) atoms. The Morgan fingerprint density at radius 2 is 2.00 bits per heavy atom. The standard InChI is InChI=1S/C20H17N3OS3/c1-13-6-8-14(9-7-13)17-11-25-19(21-17)23-18(24)12-27-20-22-16-5-3-2-4-15(16)10-26-20/h2-9,11H,10,12H2,1H3,(H,21,23,24). The first-order valence-corrected chi connectivity index (χ1v) is 11.3. The molecular weight excluding hydrogens is 394 g/mol. The molecule has 7 heteroatoms. The number of hydrogen-bond acceptors (Lipinski definition) is 6. The molecule has 0 fully saturated rings. The number of carbonyl (C=O) groups is 1. The van der Waals surface area contributed by atoms with E-state index < -0.39 is 0 Å². The number of nitrogens with one attached hydrogen (secondary N) is 1. The van der Waals surface area contributed by atoms with Gasteiger partial charge in [-0.25, -0.2) is 9.98 Å². The van der Waals surface area contributed by atoms with Crippen molar-refractivity contribution in [2.24, 2.45) is 4.99 Å². The SMILES string of the molecule is Cc1ccc(-c2csc(NC(=O)CSC3=Nc4ccccc4CS3)n2)cc1. The molecule has 0 radical (unpaired) electrons. The van der Waals surface area contributed by atoms with Crippen LogP contribution in [0.5, 0.6) is 0 Å². The van der Waals surface area contributed by atoms with Crippen molar-refractivity contribution in [3.8, 4) is 11.3 Å². The van der Waals surface area contributed by atoms with Crippen molar-refractivity contribution in [2.75, 3.05) is 11.1 Å². The molecule has 0 aliphatic carbocycles. The summed E-state index contributed by atoms with van der Waals surface area (Å²) in [5.74, 6) is 1.16. The number of hydrogen-bond donors (Lipinski definition) is 1. The lowest BCUT2D eigenvalue weighted by molar-refractivity contribution is -0.113. The normalized spacial score (nSPS) is 13.0. The minimum Gasteiger partial charge on any atom is -0.301 e. The van der Waals surface area contributed by atoms with Crippen molar-refractivity contribution in [1.29, 1.82) is 0 Å². The van der Waals surface area contributed by atoms with Crippen LogP contribution in [0.2, 0.25) is 0 Å². The number of aryl methyl sites for hydroxylation is 1. The predicted octanol–water partition coefficient (Wildman–Crippen LogP) is 5.72. The Hall–Kier alpha value is -2.09. The Bertz CT molecular complexity index is 996. The summed E-state index contributed by atoms with van der Waals surface area (Å²) in [5, 5.41) is 5.47. The minimum atomic E-state index is -0.0630. The summed E-state index contributed by atoms with van der Waals surface area (Å²) in [4.78, 5) is 21.4. The van der Waals surface area contributed by atoms with Crippen LogP contribution < -0.4 is 5.32 Å². The highest BCUT2D eigenvalue weighted by Crippen LogP contribution is 2.34. The lowest BCUT2D eigenvalue weighted by atomic mass is 10.1. The van der Waals surface area contributed by atoms with E-state index in [0.717, 1.165) is 27.1 Å². The molecule has 4 nitrogen and oxygen atoms in total. The molecule has 0 saturated heterocycles. The first-order chi connectivity index (χ1) is 13.2. The van der Waals surface area contributed by atoms with Crippen LogP contribution in [-0.2, 0) is 10.5 Å². The third-order valence-corrected chi connectivity index (χ3v) is 6.98. The van der Waals surface area contributed by atoms with Crippen molar-refractivity contribution < 1.29 is 4.79 Å². The van der Waals surface area contributed by atoms with E-state index in [4.69, 9.17) is 0 Å². The predicted molar refractivity (Wildman–Crippen MR) is 118 cm³/mol. The number of nitrogens with zero attached hydrogens (tertiary/aromatic N) is 2. The third kappa shape index (κ3) is 4.61. The van der Waals surface area contributed by atoms with Gasteiger partial charge in [0.25, 0.3) is 0 Å². The fourth-order valence-electron chi connectivity index (χ4n) is 2.56. The van der Waals surface area contributed by atoms with E-state index >= 15 is 0 Å². The number of carbonyl (C=O) groups excluding carboxylic acids is 1. The number of anilines is 1. The number of aliphatic imine (C=N–C) groups is 1. The molecule has 1 aromatic heterocycles. The van der Waals surface area contributed by atoms with Gasteiger partial charge in [-0.2, -0.15) is 0 Å². The molecule has 0 bridgehead atoms. The molecule has 4 rings (SSSR count). The summed E-state index contributed by atoms with van der Waals surface area (Å²) in [6, 6.07) is 16.3. The van der Waals surface area contributed by atoms with Crippen LogP contribution in [-0.4, -0.2) is 21.0 Å². The highest BCUT2D eigenvalue weighted by atomic mass is 32.2. The molecule has 1 amide bonds. The van der Waals surface area contributed by atoms with E-state index in [1.807, 2.05) is 35.7 Å². The van der Waals surface area contributed by atoms with Crippen molar-refractivity contribution in [1.82, 2.24) is 4.98 Å². The summed E-state index contributed by atoms with van der Waals surface area (Å²) in [7, 11) is 0. The van der Waals surface area contributed by atoms with Gasteiger partial charge < -0.3 is 5.32 Å². The van der Waals surface area contributed by atoms with Crippen molar-refractivity contribution in [3.05, 3.63) is 65.0 Å². The maximum Gasteiger partial charge on any atom is 0.236 e. The molecule has 2 aromatic carbocycles. The lowest BCUT2D eigenvalue weighted by Gasteiger charge is -2.13. The van der Waals surface area contributed by atoms with Gasteiger partial charge in [0.1, 0.15) is 4.38 Å². The van der Waals surface area contributed by atoms with E-state index in [1.165, 1.54) is 34.2 Å². The third-order valence-electron chi connectivity index (χ3n) is 3.98. The number of benzene rings is 2. The van der Waals surface area contributed by atoms with E-state index in [0.29, 0.717) is 10.9 Å². The van der Waals surface area contributed by atoms with E-state index in [-0.39, 0.29) is 5.91 Å². The zero-order valence-electron chi connectivity index (χ0n) is 14.6. The second-order valence-electron chi connectivity index (χ2n) is 6.04. The number of aromatic nitrogens is 1. The number of thioether (sulfide) groups is 2. The highest BCUT2D eigenvalue weighted by Gasteiger charge is 2.15. The lowest BCUT2D eigenvalue weighted by Crippen LogP contribution is -2.15. The molecule has 0 unspecified atom stereocenters. The Morgan fingerprint density at radius 1 is 1.19 bits per heavy atom. The van der Waals surface area contributed by atoms with Gasteiger partial charge in [0.2, 0.25) is 5.91 Å². The van der Waals surface area contributed by atoms with Crippen molar-refractivity contribution in [3.63, 3.8) is 0 Å². The van der Waals surface area contributed by atoms with E-state index in [2.05, 4.69) is 40.4 Å². The quantitative estimate of drug-likeness (QED) is 0.596. The molecular formula is C20H17N3OS3.